The minimum absolute atomic E-state index is 0.559. The normalized spacial score (nSPS) is 11.1. The van der Waals surface area contributed by atoms with Crippen molar-refractivity contribution in [2.45, 2.75) is 13.8 Å². The molecule has 4 heteroatoms. The molecule has 0 fully saturated rings. The lowest BCUT2D eigenvalue weighted by atomic mass is 10.1. The van der Waals surface area contributed by atoms with Gasteiger partial charge in [-0.25, -0.2) is 4.98 Å². The molecular weight excluding hydrogens is 250 g/mol. The van der Waals surface area contributed by atoms with Gasteiger partial charge in [0.1, 0.15) is 11.6 Å². The van der Waals surface area contributed by atoms with Gasteiger partial charge in [0.05, 0.1) is 7.11 Å². The molecular formula is C16H23N3O. The van der Waals surface area contributed by atoms with E-state index in [1.165, 1.54) is 5.39 Å². The molecule has 0 aliphatic carbocycles. The summed E-state index contributed by atoms with van der Waals surface area (Å²) in [5.41, 5.74) is 5.75. The van der Waals surface area contributed by atoms with Crippen LogP contribution in [0.4, 0.5) is 5.82 Å². The van der Waals surface area contributed by atoms with Crippen molar-refractivity contribution >= 4 is 16.6 Å². The van der Waals surface area contributed by atoms with Crippen molar-refractivity contribution in [3.63, 3.8) is 0 Å². The lowest BCUT2D eigenvalue weighted by molar-refractivity contribution is 0.415. The number of anilines is 1. The predicted octanol–water partition coefficient (Wildman–Crippen LogP) is 2.66. The van der Waals surface area contributed by atoms with E-state index in [-0.39, 0.29) is 0 Å². The first-order chi connectivity index (χ1) is 9.65. The number of hydrogen-bond acceptors (Lipinski definition) is 4. The van der Waals surface area contributed by atoms with Crippen LogP contribution in [0, 0.1) is 5.92 Å². The third-order valence-corrected chi connectivity index (χ3v) is 3.24. The number of rotatable bonds is 6. The van der Waals surface area contributed by atoms with Gasteiger partial charge in [0, 0.05) is 31.2 Å². The minimum Gasteiger partial charge on any atom is -0.497 e. The molecule has 0 saturated heterocycles. The van der Waals surface area contributed by atoms with Gasteiger partial charge in [-0.3, -0.25) is 0 Å². The van der Waals surface area contributed by atoms with Crippen LogP contribution in [0.15, 0.2) is 30.5 Å². The largest absolute Gasteiger partial charge is 0.497 e. The second-order valence-electron chi connectivity index (χ2n) is 5.35. The average molecular weight is 273 g/mol. The number of pyridine rings is 1. The van der Waals surface area contributed by atoms with Gasteiger partial charge < -0.3 is 15.4 Å². The zero-order chi connectivity index (χ0) is 14.5. The molecule has 2 rings (SSSR count). The Balaban J connectivity index is 2.49. The monoisotopic (exact) mass is 273 g/mol. The zero-order valence-electron chi connectivity index (χ0n) is 12.5. The molecule has 0 atom stereocenters. The first kappa shape index (κ1) is 14.6. The zero-order valence-corrected chi connectivity index (χ0v) is 12.5. The molecule has 0 spiro atoms. The molecule has 0 amide bonds. The second kappa shape index (κ2) is 6.57. The van der Waals surface area contributed by atoms with Crippen molar-refractivity contribution in [3.05, 3.63) is 30.5 Å². The molecule has 1 heterocycles. The highest BCUT2D eigenvalue weighted by molar-refractivity contribution is 5.93. The number of aromatic nitrogens is 1. The maximum absolute atomic E-state index is 5.75. The lowest BCUT2D eigenvalue weighted by Crippen LogP contribution is -2.33. The van der Waals surface area contributed by atoms with Crippen molar-refractivity contribution in [1.82, 2.24) is 4.98 Å². The van der Waals surface area contributed by atoms with Crippen LogP contribution in [0.5, 0.6) is 5.75 Å². The Bertz CT molecular complexity index is 569. The van der Waals surface area contributed by atoms with Crippen LogP contribution in [0.1, 0.15) is 13.8 Å². The molecule has 1 aromatic carbocycles. The molecule has 0 bridgehead atoms. The van der Waals surface area contributed by atoms with E-state index >= 15 is 0 Å². The first-order valence-corrected chi connectivity index (χ1v) is 7.03. The first-order valence-electron chi connectivity index (χ1n) is 7.03. The van der Waals surface area contributed by atoms with E-state index < -0.39 is 0 Å². The van der Waals surface area contributed by atoms with Crippen LogP contribution in [-0.2, 0) is 0 Å². The number of hydrogen-bond donors (Lipinski definition) is 1. The van der Waals surface area contributed by atoms with Gasteiger partial charge >= 0.3 is 0 Å². The smallest absolute Gasteiger partial charge is 0.136 e. The van der Waals surface area contributed by atoms with Crippen molar-refractivity contribution in [1.29, 1.82) is 0 Å². The summed E-state index contributed by atoms with van der Waals surface area (Å²) < 4.78 is 5.33. The fraction of sp³-hybridized carbons (Fsp3) is 0.438. The third kappa shape index (κ3) is 3.20. The molecule has 0 unspecified atom stereocenters. The number of methoxy groups -OCH3 is 1. The van der Waals surface area contributed by atoms with Crippen molar-refractivity contribution in [2.75, 3.05) is 31.6 Å². The molecule has 4 nitrogen and oxygen atoms in total. The number of ether oxygens (including phenoxy) is 1. The van der Waals surface area contributed by atoms with Gasteiger partial charge in [0.25, 0.3) is 0 Å². The van der Waals surface area contributed by atoms with E-state index in [0.717, 1.165) is 30.0 Å². The van der Waals surface area contributed by atoms with E-state index in [1.54, 1.807) is 7.11 Å². The van der Waals surface area contributed by atoms with E-state index in [9.17, 15) is 0 Å². The number of benzene rings is 1. The summed E-state index contributed by atoms with van der Waals surface area (Å²) in [6.07, 6.45) is 1.86. The molecule has 0 radical (unpaired) electrons. The van der Waals surface area contributed by atoms with E-state index in [1.807, 2.05) is 24.4 Å². The topological polar surface area (TPSA) is 51.4 Å². The average Bonchev–Trinajstić information content (AvgIpc) is 2.45. The van der Waals surface area contributed by atoms with E-state index in [4.69, 9.17) is 10.5 Å². The highest BCUT2D eigenvalue weighted by Crippen LogP contribution is 2.28. The van der Waals surface area contributed by atoms with Gasteiger partial charge in [-0.2, -0.15) is 0 Å². The summed E-state index contributed by atoms with van der Waals surface area (Å²) in [5, 5.41) is 2.28. The summed E-state index contributed by atoms with van der Waals surface area (Å²) in [6.45, 7) is 6.78. The Morgan fingerprint density at radius 1 is 1.30 bits per heavy atom. The maximum atomic E-state index is 5.75. The molecule has 108 valence electrons. The van der Waals surface area contributed by atoms with E-state index in [0.29, 0.717) is 12.5 Å². The molecule has 2 N–H and O–H groups in total. The fourth-order valence-corrected chi connectivity index (χ4v) is 2.39. The molecule has 0 aliphatic heterocycles. The van der Waals surface area contributed by atoms with Gasteiger partial charge in [-0.1, -0.05) is 19.9 Å². The quantitative estimate of drug-likeness (QED) is 0.879. The fourth-order valence-electron chi connectivity index (χ4n) is 2.39. The van der Waals surface area contributed by atoms with Gasteiger partial charge in [0.2, 0.25) is 0 Å². The van der Waals surface area contributed by atoms with Crippen LogP contribution < -0.4 is 15.4 Å². The molecule has 0 saturated carbocycles. The summed E-state index contributed by atoms with van der Waals surface area (Å²) >= 11 is 0. The Labute approximate surface area is 120 Å². The summed E-state index contributed by atoms with van der Waals surface area (Å²) in [5.74, 6) is 2.40. The van der Waals surface area contributed by atoms with Crippen LogP contribution in [0.2, 0.25) is 0 Å². The van der Waals surface area contributed by atoms with Crippen LogP contribution in [0.25, 0.3) is 10.8 Å². The molecule has 20 heavy (non-hydrogen) atoms. The van der Waals surface area contributed by atoms with Crippen LogP contribution >= 0.6 is 0 Å². The second-order valence-corrected chi connectivity index (χ2v) is 5.35. The highest BCUT2D eigenvalue weighted by atomic mass is 16.5. The number of nitrogens with two attached hydrogens (primary N) is 1. The summed E-state index contributed by atoms with van der Waals surface area (Å²) in [7, 11) is 1.68. The molecule has 1 aromatic heterocycles. The Morgan fingerprint density at radius 3 is 2.75 bits per heavy atom. The Hall–Kier alpha value is -1.81. The highest BCUT2D eigenvalue weighted by Gasteiger charge is 2.13. The Kier molecular flexibility index (Phi) is 4.79. The Morgan fingerprint density at radius 2 is 2.10 bits per heavy atom. The summed E-state index contributed by atoms with van der Waals surface area (Å²) in [6, 6.07) is 8.10. The third-order valence-electron chi connectivity index (χ3n) is 3.24. The maximum Gasteiger partial charge on any atom is 0.136 e. The standard InChI is InChI=1S/C16H23N3O/c1-12(2)11-19(9-7-17)16-15-10-14(20-3)5-4-13(15)6-8-18-16/h4-6,8,10,12H,7,9,11,17H2,1-3H3. The predicted molar refractivity (Wildman–Crippen MR) is 84.4 cm³/mol. The van der Waals surface area contributed by atoms with Gasteiger partial charge in [0.15, 0.2) is 0 Å². The number of fused-ring (bicyclic) bond motifs is 1. The SMILES string of the molecule is COc1ccc2ccnc(N(CCN)CC(C)C)c2c1. The van der Waals surface area contributed by atoms with Crippen LogP contribution in [-0.4, -0.2) is 31.7 Å². The van der Waals surface area contributed by atoms with Crippen molar-refractivity contribution in [3.8, 4) is 5.75 Å². The van der Waals surface area contributed by atoms with Gasteiger partial charge in [-0.05, 0) is 29.5 Å². The van der Waals surface area contributed by atoms with Crippen molar-refractivity contribution in [2.24, 2.45) is 11.7 Å². The molecule has 0 aliphatic rings. The lowest BCUT2D eigenvalue weighted by Gasteiger charge is -2.26. The number of nitrogens with zero attached hydrogens (tertiary/aromatic N) is 2. The molecule has 2 aromatic rings. The minimum atomic E-state index is 0.559. The summed E-state index contributed by atoms with van der Waals surface area (Å²) in [4.78, 5) is 6.83. The van der Waals surface area contributed by atoms with Crippen LogP contribution in [0.3, 0.4) is 0 Å². The van der Waals surface area contributed by atoms with Crippen molar-refractivity contribution < 1.29 is 4.74 Å². The van der Waals surface area contributed by atoms with Gasteiger partial charge in [-0.15, -0.1) is 0 Å². The van der Waals surface area contributed by atoms with E-state index in [2.05, 4.69) is 29.8 Å².